The zero-order valence-corrected chi connectivity index (χ0v) is 23.0. The van der Waals surface area contributed by atoms with Gasteiger partial charge in [0.05, 0.1) is 28.4 Å². The number of benzene rings is 2. The zero-order chi connectivity index (χ0) is 25.8. The summed E-state index contributed by atoms with van der Waals surface area (Å²) in [6.07, 6.45) is 12.6. The number of unbranched alkanes of at least 4 members (excludes halogenated alkanes) is 7. The number of hydrogen-bond donors (Lipinski definition) is 2. The summed E-state index contributed by atoms with van der Waals surface area (Å²) >= 11 is 0. The van der Waals surface area contributed by atoms with Gasteiger partial charge in [0.25, 0.3) is 0 Å². The van der Waals surface area contributed by atoms with Gasteiger partial charge in [0.1, 0.15) is 0 Å². The van der Waals surface area contributed by atoms with Gasteiger partial charge < -0.3 is 29.6 Å². The summed E-state index contributed by atoms with van der Waals surface area (Å²) in [7, 11) is 6.70. The first-order valence-corrected chi connectivity index (χ1v) is 13.5. The number of ether oxygens (including phenoxy) is 4. The predicted molar refractivity (Wildman–Crippen MR) is 149 cm³/mol. The Kier molecular flexibility index (Phi) is 15.5. The molecule has 2 rings (SSSR count). The van der Waals surface area contributed by atoms with Crippen LogP contribution in [0.3, 0.4) is 0 Å². The predicted octanol–water partition coefficient (Wildman–Crippen LogP) is 5.81. The molecule has 0 saturated carbocycles. The zero-order valence-electron chi connectivity index (χ0n) is 23.0. The van der Waals surface area contributed by atoms with E-state index in [9.17, 15) is 0 Å². The van der Waals surface area contributed by atoms with Crippen LogP contribution in [0.4, 0.5) is 0 Å². The van der Waals surface area contributed by atoms with Crippen LogP contribution in [0.1, 0.15) is 62.5 Å². The molecule has 6 nitrogen and oxygen atoms in total. The average Bonchev–Trinajstić information content (AvgIpc) is 2.92. The van der Waals surface area contributed by atoms with Crippen molar-refractivity contribution in [3.63, 3.8) is 0 Å². The minimum absolute atomic E-state index is 0.785. The Morgan fingerprint density at radius 1 is 0.444 bits per heavy atom. The Morgan fingerprint density at radius 3 is 1.17 bits per heavy atom. The van der Waals surface area contributed by atoms with Crippen molar-refractivity contribution in [1.29, 1.82) is 0 Å². The Balaban J connectivity index is 1.36. The second-order valence-electron chi connectivity index (χ2n) is 9.21. The molecule has 0 amide bonds. The van der Waals surface area contributed by atoms with Gasteiger partial charge in [-0.25, -0.2) is 0 Å². The van der Waals surface area contributed by atoms with Gasteiger partial charge in [-0.3, -0.25) is 0 Å². The van der Waals surface area contributed by atoms with Crippen molar-refractivity contribution in [2.24, 2.45) is 0 Å². The molecular weight excluding hydrogens is 452 g/mol. The summed E-state index contributed by atoms with van der Waals surface area (Å²) in [6, 6.07) is 12.3. The number of rotatable bonds is 21. The monoisotopic (exact) mass is 500 g/mol. The smallest absolute Gasteiger partial charge is 0.160 e. The molecule has 0 fully saturated rings. The van der Waals surface area contributed by atoms with E-state index in [-0.39, 0.29) is 0 Å². The fourth-order valence-electron chi connectivity index (χ4n) is 4.35. The van der Waals surface area contributed by atoms with Gasteiger partial charge in [-0.05, 0) is 87.3 Å². The van der Waals surface area contributed by atoms with Gasteiger partial charge in [0, 0.05) is 0 Å². The molecular formula is C30H48N2O4. The lowest BCUT2D eigenvalue weighted by Crippen LogP contribution is -2.18. The topological polar surface area (TPSA) is 61.0 Å². The molecule has 2 N–H and O–H groups in total. The van der Waals surface area contributed by atoms with E-state index in [4.69, 9.17) is 18.9 Å². The summed E-state index contributed by atoms with van der Waals surface area (Å²) in [5, 5.41) is 7.13. The van der Waals surface area contributed by atoms with E-state index in [2.05, 4.69) is 34.9 Å². The van der Waals surface area contributed by atoms with Gasteiger partial charge in [-0.2, -0.15) is 0 Å². The van der Waals surface area contributed by atoms with Crippen molar-refractivity contribution < 1.29 is 18.9 Å². The third-order valence-electron chi connectivity index (χ3n) is 6.53. The second kappa shape index (κ2) is 18.8. The lowest BCUT2D eigenvalue weighted by Gasteiger charge is -2.10. The first kappa shape index (κ1) is 29.8. The molecule has 0 aromatic heterocycles. The van der Waals surface area contributed by atoms with Crippen LogP contribution in [0, 0.1) is 0 Å². The minimum Gasteiger partial charge on any atom is -0.493 e. The maximum absolute atomic E-state index is 5.38. The van der Waals surface area contributed by atoms with Gasteiger partial charge in [0.2, 0.25) is 0 Å². The third-order valence-corrected chi connectivity index (χ3v) is 6.53. The van der Waals surface area contributed by atoms with E-state index in [1.807, 2.05) is 12.1 Å². The molecule has 0 radical (unpaired) electrons. The van der Waals surface area contributed by atoms with Crippen LogP contribution in [-0.2, 0) is 12.8 Å². The molecule has 2 aromatic rings. The molecule has 0 unspecified atom stereocenters. The molecule has 0 aliphatic rings. The average molecular weight is 501 g/mol. The van der Waals surface area contributed by atoms with Crippen LogP contribution in [0.5, 0.6) is 23.0 Å². The summed E-state index contributed by atoms with van der Waals surface area (Å²) < 4.78 is 21.4. The van der Waals surface area contributed by atoms with E-state index in [0.717, 1.165) is 62.0 Å². The summed E-state index contributed by atoms with van der Waals surface area (Å²) in [4.78, 5) is 0. The molecule has 2 aromatic carbocycles. The number of methoxy groups -OCH3 is 4. The summed E-state index contributed by atoms with van der Waals surface area (Å²) in [5.41, 5.74) is 2.54. The molecule has 0 aliphatic carbocycles. The SMILES string of the molecule is COc1ccc(CCNCCCCCCCCCCNCCc2ccc(OC)c(OC)c2)cc1OC. The third kappa shape index (κ3) is 11.5. The normalized spacial score (nSPS) is 10.9. The van der Waals surface area contributed by atoms with Crippen molar-refractivity contribution in [2.45, 2.75) is 64.2 Å². The molecule has 202 valence electrons. The molecule has 0 spiro atoms. The van der Waals surface area contributed by atoms with Crippen LogP contribution >= 0.6 is 0 Å². The van der Waals surface area contributed by atoms with Crippen LogP contribution in [0.2, 0.25) is 0 Å². The van der Waals surface area contributed by atoms with Crippen molar-refractivity contribution in [2.75, 3.05) is 54.6 Å². The Hall–Kier alpha value is -2.44. The molecule has 0 aliphatic heterocycles. The van der Waals surface area contributed by atoms with Gasteiger partial charge in [0.15, 0.2) is 23.0 Å². The molecule has 6 heteroatoms. The van der Waals surface area contributed by atoms with E-state index in [0.29, 0.717) is 0 Å². The standard InChI is InChI=1S/C30H48N2O4/c1-33-27-15-13-25(23-29(27)35-3)17-21-31-19-11-9-7-5-6-8-10-12-20-32-22-18-26-14-16-28(34-2)30(24-26)36-4/h13-16,23-24,31-32H,5-12,17-22H2,1-4H3. The van der Waals surface area contributed by atoms with Gasteiger partial charge >= 0.3 is 0 Å². The van der Waals surface area contributed by atoms with Gasteiger partial charge in [-0.15, -0.1) is 0 Å². The first-order valence-electron chi connectivity index (χ1n) is 13.5. The molecule has 36 heavy (non-hydrogen) atoms. The maximum Gasteiger partial charge on any atom is 0.160 e. The van der Waals surface area contributed by atoms with E-state index >= 15 is 0 Å². The Labute approximate surface area is 219 Å². The van der Waals surface area contributed by atoms with E-state index in [1.54, 1.807) is 28.4 Å². The highest BCUT2D eigenvalue weighted by molar-refractivity contribution is 5.43. The van der Waals surface area contributed by atoms with Crippen molar-refractivity contribution >= 4 is 0 Å². The Morgan fingerprint density at radius 2 is 0.806 bits per heavy atom. The number of nitrogens with one attached hydrogen (secondary N) is 2. The summed E-state index contributed by atoms with van der Waals surface area (Å²) in [5.74, 6) is 3.18. The first-order chi connectivity index (χ1) is 17.7. The highest BCUT2D eigenvalue weighted by atomic mass is 16.5. The van der Waals surface area contributed by atoms with Crippen molar-refractivity contribution in [1.82, 2.24) is 10.6 Å². The highest BCUT2D eigenvalue weighted by Crippen LogP contribution is 2.28. The largest absolute Gasteiger partial charge is 0.493 e. The minimum atomic E-state index is 0.785. The van der Waals surface area contributed by atoms with E-state index < -0.39 is 0 Å². The summed E-state index contributed by atoms with van der Waals surface area (Å²) in [6.45, 7) is 4.19. The lowest BCUT2D eigenvalue weighted by atomic mass is 10.1. The fourth-order valence-corrected chi connectivity index (χ4v) is 4.35. The maximum atomic E-state index is 5.38. The molecule has 0 atom stereocenters. The highest BCUT2D eigenvalue weighted by Gasteiger charge is 2.05. The quantitative estimate of drug-likeness (QED) is 0.211. The van der Waals surface area contributed by atoms with Gasteiger partial charge in [-0.1, -0.05) is 50.7 Å². The molecule has 0 heterocycles. The van der Waals surface area contributed by atoms with Crippen LogP contribution < -0.4 is 29.6 Å². The van der Waals surface area contributed by atoms with Crippen molar-refractivity contribution in [3.05, 3.63) is 47.5 Å². The van der Waals surface area contributed by atoms with Crippen LogP contribution in [0.25, 0.3) is 0 Å². The van der Waals surface area contributed by atoms with Crippen molar-refractivity contribution in [3.8, 4) is 23.0 Å². The second-order valence-corrected chi connectivity index (χ2v) is 9.21. The van der Waals surface area contributed by atoms with E-state index in [1.165, 1.54) is 62.5 Å². The lowest BCUT2D eigenvalue weighted by molar-refractivity contribution is 0.354. The molecule has 0 bridgehead atoms. The van der Waals surface area contributed by atoms with Crippen LogP contribution in [-0.4, -0.2) is 54.6 Å². The molecule has 0 saturated heterocycles. The number of hydrogen-bond acceptors (Lipinski definition) is 6. The van der Waals surface area contributed by atoms with Crippen LogP contribution in [0.15, 0.2) is 36.4 Å². The Bertz CT molecular complexity index is 774. The fraction of sp³-hybridized carbons (Fsp3) is 0.600.